The largest absolute Gasteiger partial charge is 0.143 e. The van der Waals surface area contributed by atoms with Crippen molar-refractivity contribution in [3.8, 4) is 0 Å². The summed E-state index contributed by atoms with van der Waals surface area (Å²) in [6.07, 6.45) is 0. The Morgan fingerprint density at radius 3 is 0.843 bits per heavy atom. The minimum Gasteiger partial charge on any atom is -0.143 e. The fourth-order valence-corrected chi connectivity index (χ4v) is 12.6. The molecule has 3 aromatic heterocycles. The van der Waals surface area contributed by atoms with Crippen LogP contribution < -0.4 is 0 Å². The highest BCUT2D eigenvalue weighted by atomic mass is 32.1. The first kappa shape index (κ1) is 27.2. The van der Waals surface area contributed by atoms with Crippen molar-refractivity contribution < 1.29 is 0 Å². The van der Waals surface area contributed by atoms with Crippen LogP contribution in [-0.2, 0) is 0 Å². The Kier molecular flexibility index (Phi) is 5.11. The summed E-state index contributed by atoms with van der Waals surface area (Å²) in [5.74, 6) is 0. The van der Waals surface area contributed by atoms with Crippen LogP contribution in [0.4, 0.5) is 0 Å². The first-order chi connectivity index (χ1) is 25.3. The molecule has 0 amide bonds. The molecule has 0 nitrogen and oxygen atoms in total. The number of hydrogen-bond acceptors (Lipinski definition) is 3. The number of hydrogen-bond donors (Lipinski definition) is 0. The molecule has 13 rings (SSSR count). The van der Waals surface area contributed by atoms with Gasteiger partial charge < -0.3 is 0 Å². The molecule has 0 atom stereocenters. The normalized spacial score (nSPS) is 12.7. The van der Waals surface area contributed by atoms with Crippen molar-refractivity contribution >= 4 is 161 Å². The quantitative estimate of drug-likeness (QED) is 0.138. The summed E-state index contributed by atoms with van der Waals surface area (Å²) in [5.41, 5.74) is 0. The lowest BCUT2D eigenvalue weighted by atomic mass is 9.82. The average molecular weight is 697 g/mol. The van der Waals surface area contributed by atoms with Crippen LogP contribution in [0, 0.1) is 0 Å². The van der Waals surface area contributed by atoms with Gasteiger partial charge in [0.2, 0.25) is 0 Å². The predicted octanol–water partition coefficient (Wildman–Crippen LogP) is 15.7. The van der Waals surface area contributed by atoms with E-state index in [1.54, 1.807) is 0 Å². The van der Waals surface area contributed by atoms with Gasteiger partial charge in [0.1, 0.15) is 0 Å². The van der Waals surface area contributed by atoms with E-state index in [-0.39, 0.29) is 0 Å². The Balaban J connectivity index is 1.49. The first-order valence-electron chi connectivity index (χ1n) is 17.4. The summed E-state index contributed by atoms with van der Waals surface area (Å²) in [7, 11) is 0. The Bertz CT molecular complexity index is 3280. The van der Waals surface area contributed by atoms with Gasteiger partial charge in [-0.3, -0.25) is 0 Å². The van der Waals surface area contributed by atoms with E-state index in [0.29, 0.717) is 0 Å². The zero-order chi connectivity index (χ0) is 32.9. The van der Waals surface area contributed by atoms with E-state index in [1.165, 1.54) is 127 Å². The molecule has 0 saturated heterocycles. The predicted molar refractivity (Wildman–Crippen MR) is 230 cm³/mol. The van der Waals surface area contributed by atoms with Crippen LogP contribution >= 0.6 is 34.0 Å². The van der Waals surface area contributed by atoms with Gasteiger partial charge in [-0.1, -0.05) is 109 Å². The van der Waals surface area contributed by atoms with Crippen molar-refractivity contribution in [2.45, 2.75) is 0 Å². The van der Waals surface area contributed by atoms with E-state index in [1.807, 2.05) is 34.0 Å². The maximum absolute atomic E-state index is 2.42. The molecule has 0 aliphatic carbocycles. The third-order valence-corrected chi connectivity index (χ3v) is 14.4. The van der Waals surface area contributed by atoms with Crippen LogP contribution in [0.5, 0.6) is 0 Å². The minimum atomic E-state index is 1.29. The smallest absolute Gasteiger partial charge is 0.0434 e. The summed E-state index contributed by atoms with van der Waals surface area (Å²) in [6, 6.07) is 48.4. The second-order valence-corrected chi connectivity index (χ2v) is 16.6. The van der Waals surface area contributed by atoms with Crippen LogP contribution in [-0.4, -0.2) is 0 Å². The van der Waals surface area contributed by atoms with E-state index >= 15 is 0 Å². The van der Waals surface area contributed by atoms with Crippen molar-refractivity contribution in [3.05, 3.63) is 144 Å². The number of benzene rings is 10. The molecule has 13 aromatic rings. The lowest BCUT2D eigenvalue weighted by Gasteiger charge is -2.21. The van der Waals surface area contributed by atoms with Gasteiger partial charge in [0.25, 0.3) is 0 Å². The number of fused-ring (bicyclic) bond motifs is 27. The van der Waals surface area contributed by atoms with Crippen LogP contribution in [0.1, 0.15) is 0 Å². The molecule has 3 heteroatoms. The van der Waals surface area contributed by atoms with Crippen molar-refractivity contribution in [1.82, 2.24) is 0 Å². The van der Waals surface area contributed by atoms with E-state index in [9.17, 15) is 0 Å². The van der Waals surface area contributed by atoms with Crippen LogP contribution in [0.3, 0.4) is 0 Å². The second-order valence-electron chi connectivity index (χ2n) is 13.9. The molecule has 234 valence electrons. The monoisotopic (exact) mass is 696 g/mol. The molecule has 0 N–H and O–H groups in total. The molecular formula is C48H24S3. The zero-order valence-corrected chi connectivity index (χ0v) is 29.5. The Hall–Kier alpha value is -5.58. The van der Waals surface area contributed by atoms with Gasteiger partial charge in [0.05, 0.1) is 0 Å². The van der Waals surface area contributed by atoms with Gasteiger partial charge in [-0.05, 0) is 99.0 Å². The fraction of sp³-hybridized carbons (Fsp3) is 0. The molecule has 3 heterocycles. The number of rotatable bonds is 0. The SMILES string of the molecule is c1ccc2c(c1)ccc1c2c2sccc2c2c3c4ccc5ccccc5c4c4sccc4c3c3c4ccc5ccccc5c4c4sccc4c3c12. The molecule has 0 spiro atoms. The van der Waals surface area contributed by atoms with E-state index in [2.05, 4.69) is 144 Å². The summed E-state index contributed by atoms with van der Waals surface area (Å²) in [4.78, 5) is 0. The van der Waals surface area contributed by atoms with Crippen LogP contribution in [0.2, 0.25) is 0 Å². The Morgan fingerprint density at radius 1 is 0.216 bits per heavy atom. The van der Waals surface area contributed by atoms with Gasteiger partial charge in [-0.15, -0.1) is 34.0 Å². The van der Waals surface area contributed by atoms with Gasteiger partial charge in [0.15, 0.2) is 0 Å². The van der Waals surface area contributed by atoms with Crippen molar-refractivity contribution in [2.24, 2.45) is 0 Å². The Labute approximate surface area is 303 Å². The molecule has 0 aliphatic heterocycles. The molecule has 0 fully saturated rings. The van der Waals surface area contributed by atoms with Gasteiger partial charge >= 0.3 is 0 Å². The summed E-state index contributed by atoms with van der Waals surface area (Å²) >= 11 is 5.66. The van der Waals surface area contributed by atoms with Gasteiger partial charge in [-0.25, -0.2) is 0 Å². The molecule has 0 aliphatic rings. The van der Waals surface area contributed by atoms with E-state index < -0.39 is 0 Å². The lowest BCUT2D eigenvalue weighted by Crippen LogP contribution is -1.92. The van der Waals surface area contributed by atoms with Crippen molar-refractivity contribution in [2.75, 3.05) is 0 Å². The van der Waals surface area contributed by atoms with Gasteiger partial charge in [-0.2, -0.15) is 0 Å². The van der Waals surface area contributed by atoms with Crippen LogP contribution in [0.25, 0.3) is 127 Å². The van der Waals surface area contributed by atoms with Crippen LogP contribution in [0.15, 0.2) is 144 Å². The first-order valence-corrected chi connectivity index (χ1v) is 20.0. The highest BCUT2D eigenvalue weighted by Gasteiger charge is 2.26. The topological polar surface area (TPSA) is 0 Å². The van der Waals surface area contributed by atoms with Crippen molar-refractivity contribution in [1.29, 1.82) is 0 Å². The molecule has 0 bridgehead atoms. The molecule has 0 saturated carbocycles. The van der Waals surface area contributed by atoms with E-state index in [0.717, 1.165) is 0 Å². The molecular weight excluding hydrogens is 673 g/mol. The third kappa shape index (κ3) is 3.27. The zero-order valence-electron chi connectivity index (χ0n) is 27.1. The summed E-state index contributed by atoms with van der Waals surface area (Å²) < 4.78 is 4.13. The molecule has 0 radical (unpaired) electrons. The molecule has 51 heavy (non-hydrogen) atoms. The summed E-state index contributed by atoms with van der Waals surface area (Å²) in [6.45, 7) is 0. The standard InChI is InChI=1S/C48H24S3/c1-4-10-28-25(7-1)13-16-31-37(28)46-34(19-22-49-46)43-40(31)44-35-20-23-50-47(35)39-30-12-6-3-9-27(30)15-18-33(39)42(44)45-36-21-24-51-48(36)38-29-11-5-2-8-26(29)14-17-32(38)41(43)45/h1-24H. The molecule has 10 aromatic carbocycles. The minimum absolute atomic E-state index is 1.29. The highest BCUT2D eigenvalue weighted by molar-refractivity contribution is 7.19. The maximum Gasteiger partial charge on any atom is 0.0434 e. The Morgan fingerprint density at radius 2 is 0.510 bits per heavy atom. The van der Waals surface area contributed by atoms with Crippen molar-refractivity contribution in [3.63, 3.8) is 0 Å². The summed E-state index contributed by atoms with van der Waals surface area (Å²) in [5, 5.41) is 35.3. The number of thiophene rings is 3. The molecule has 0 unspecified atom stereocenters. The van der Waals surface area contributed by atoms with E-state index in [4.69, 9.17) is 0 Å². The second kappa shape index (κ2) is 9.60. The maximum atomic E-state index is 2.42. The lowest BCUT2D eigenvalue weighted by molar-refractivity contribution is 1.81. The third-order valence-electron chi connectivity index (χ3n) is 11.6. The highest BCUT2D eigenvalue weighted by Crippen LogP contribution is 2.55. The van der Waals surface area contributed by atoms with Gasteiger partial charge in [0, 0.05) is 62.6 Å². The average Bonchev–Trinajstić information content (AvgIpc) is 3.98. The fourth-order valence-electron chi connectivity index (χ4n) is 9.64.